The van der Waals surface area contributed by atoms with Gasteiger partial charge in [0.2, 0.25) is 0 Å². The second-order valence-corrected chi connectivity index (χ2v) is 7.04. The SMILES string of the molecule is CN1[C@@H]2CC[C@H]1C[C@@H](n1ccc3oc4ccccc4c3c1=O)C2. The molecular formula is C19H20N2O2. The van der Waals surface area contributed by atoms with Crippen molar-refractivity contribution in [1.82, 2.24) is 9.47 Å². The highest BCUT2D eigenvalue weighted by molar-refractivity contribution is 6.04. The molecule has 0 radical (unpaired) electrons. The minimum Gasteiger partial charge on any atom is -0.456 e. The van der Waals surface area contributed by atoms with Crippen LogP contribution in [-0.4, -0.2) is 28.6 Å². The first-order chi connectivity index (χ1) is 11.2. The molecule has 4 nitrogen and oxygen atoms in total. The summed E-state index contributed by atoms with van der Waals surface area (Å²) < 4.78 is 7.79. The Hall–Kier alpha value is -2.07. The van der Waals surface area contributed by atoms with Gasteiger partial charge in [0.15, 0.2) is 0 Å². The lowest BCUT2D eigenvalue weighted by Crippen LogP contribution is -2.42. The Bertz CT molecular complexity index is 941. The van der Waals surface area contributed by atoms with E-state index in [0.29, 0.717) is 23.7 Å². The summed E-state index contributed by atoms with van der Waals surface area (Å²) in [5.41, 5.74) is 1.59. The van der Waals surface area contributed by atoms with Crippen LogP contribution in [0.15, 0.2) is 45.7 Å². The van der Waals surface area contributed by atoms with Crippen molar-refractivity contribution in [3.63, 3.8) is 0 Å². The molecule has 3 atom stereocenters. The van der Waals surface area contributed by atoms with E-state index in [1.165, 1.54) is 12.8 Å². The maximum Gasteiger partial charge on any atom is 0.262 e. The van der Waals surface area contributed by atoms with Crippen molar-refractivity contribution in [2.45, 2.75) is 43.8 Å². The monoisotopic (exact) mass is 308 g/mol. The lowest BCUT2D eigenvalue weighted by Gasteiger charge is -2.37. The number of piperidine rings is 1. The van der Waals surface area contributed by atoms with E-state index in [1.54, 1.807) is 0 Å². The van der Waals surface area contributed by atoms with Gasteiger partial charge in [-0.25, -0.2) is 0 Å². The predicted octanol–water partition coefficient (Wildman–Crippen LogP) is 3.55. The summed E-state index contributed by atoms with van der Waals surface area (Å²) in [7, 11) is 2.23. The van der Waals surface area contributed by atoms with Crippen molar-refractivity contribution in [2.24, 2.45) is 0 Å². The highest BCUT2D eigenvalue weighted by atomic mass is 16.3. The molecule has 5 rings (SSSR count). The summed E-state index contributed by atoms with van der Waals surface area (Å²) in [4.78, 5) is 15.6. The lowest BCUT2D eigenvalue weighted by molar-refractivity contribution is 0.136. The highest BCUT2D eigenvalue weighted by Gasteiger charge is 2.39. The largest absolute Gasteiger partial charge is 0.456 e. The van der Waals surface area contributed by atoms with Gasteiger partial charge >= 0.3 is 0 Å². The zero-order valence-electron chi connectivity index (χ0n) is 13.2. The molecule has 3 aromatic rings. The molecule has 23 heavy (non-hydrogen) atoms. The van der Waals surface area contributed by atoms with Gasteiger partial charge in [0.05, 0.1) is 5.39 Å². The van der Waals surface area contributed by atoms with Gasteiger partial charge in [0.1, 0.15) is 11.2 Å². The average molecular weight is 308 g/mol. The first-order valence-corrected chi connectivity index (χ1v) is 8.46. The summed E-state index contributed by atoms with van der Waals surface area (Å²) in [5, 5.41) is 1.66. The third-order valence-electron chi connectivity index (χ3n) is 5.92. The molecule has 0 saturated carbocycles. The van der Waals surface area contributed by atoms with Gasteiger partial charge < -0.3 is 13.9 Å². The van der Waals surface area contributed by atoms with Crippen molar-refractivity contribution >= 4 is 21.9 Å². The molecule has 2 aliphatic rings. The van der Waals surface area contributed by atoms with Crippen LogP contribution in [0.25, 0.3) is 21.9 Å². The van der Waals surface area contributed by atoms with Crippen LogP contribution >= 0.6 is 0 Å². The number of furan rings is 1. The number of hydrogen-bond donors (Lipinski definition) is 0. The van der Waals surface area contributed by atoms with Crippen molar-refractivity contribution < 1.29 is 4.42 Å². The van der Waals surface area contributed by atoms with E-state index >= 15 is 0 Å². The topological polar surface area (TPSA) is 38.4 Å². The van der Waals surface area contributed by atoms with Gasteiger partial charge in [0.25, 0.3) is 5.56 Å². The van der Waals surface area contributed by atoms with Crippen LogP contribution in [0, 0.1) is 0 Å². The number of aromatic nitrogens is 1. The zero-order chi connectivity index (χ0) is 15.6. The fourth-order valence-corrected chi connectivity index (χ4v) is 4.64. The molecule has 2 bridgehead atoms. The Morgan fingerprint density at radius 1 is 1.00 bits per heavy atom. The molecule has 0 spiro atoms. The van der Waals surface area contributed by atoms with Crippen LogP contribution in [0.5, 0.6) is 0 Å². The summed E-state index contributed by atoms with van der Waals surface area (Å²) in [6.45, 7) is 0. The number of nitrogens with zero attached hydrogens (tertiary/aromatic N) is 2. The molecule has 4 heterocycles. The van der Waals surface area contributed by atoms with Gasteiger partial charge in [-0.15, -0.1) is 0 Å². The summed E-state index contributed by atoms with van der Waals surface area (Å²) >= 11 is 0. The number of benzene rings is 1. The first-order valence-electron chi connectivity index (χ1n) is 8.46. The van der Waals surface area contributed by atoms with E-state index in [9.17, 15) is 4.79 Å². The first kappa shape index (κ1) is 13.4. The fourth-order valence-electron chi connectivity index (χ4n) is 4.64. The van der Waals surface area contributed by atoms with Crippen LogP contribution in [-0.2, 0) is 0 Å². The van der Waals surface area contributed by atoms with Crippen LogP contribution in [0.3, 0.4) is 0 Å². The predicted molar refractivity (Wildman–Crippen MR) is 90.8 cm³/mol. The number of rotatable bonds is 1. The van der Waals surface area contributed by atoms with Gasteiger partial charge in [-0.3, -0.25) is 4.79 Å². The molecular weight excluding hydrogens is 288 g/mol. The average Bonchev–Trinajstić information content (AvgIpc) is 3.01. The Balaban J connectivity index is 1.67. The summed E-state index contributed by atoms with van der Waals surface area (Å²) in [6.07, 6.45) is 6.62. The lowest BCUT2D eigenvalue weighted by atomic mass is 9.97. The van der Waals surface area contributed by atoms with Crippen molar-refractivity contribution in [1.29, 1.82) is 0 Å². The van der Waals surface area contributed by atoms with Crippen LogP contribution in [0.4, 0.5) is 0 Å². The standard InChI is InChI=1S/C19H20N2O2/c1-20-12-6-7-13(20)11-14(10-12)21-9-8-17-18(19(21)22)15-4-2-3-5-16(15)23-17/h2-5,8-9,12-14H,6-7,10-11H2,1H3/t12-,13+,14+. The van der Waals surface area contributed by atoms with Gasteiger partial charge in [0, 0.05) is 29.7 Å². The molecule has 0 aliphatic carbocycles. The second kappa shape index (κ2) is 4.71. The number of fused-ring (bicyclic) bond motifs is 5. The second-order valence-electron chi connectivity index (χ2n) is 7.04. The Morgan fingerprint density at radius 2 is 1.74 bits per heavy atom. The van der Waals surface area contributed by atoms with Crippen molar-refractivity contribution in [3.8, 4) is 0 Å². The van der Waals surface area contributed by atoms with E-state index < -0.39 is 0 Å². The van der Waals surface area contributed by atoms with Gasteiger partial charge in [-0.05, 0) is 44.9 Å². The molecule has 4 heteroatoms. The quantitative estimate of drug-likeness (QED) is 0.690. The Morgan fingerprint density at radius 3 is 2.52 bits per heavy atom. The smallest absolute Gasteiger partial charge is 0.262 e. The molecule has 118 valence electrons. The molecule has 2 aromatic heterocycles. The minimum absolute atomic E-state index is 0.0985. The maximum atomic E-state index is 13.1. The summed E-state index contributed by atoms with van der Waals surface area (Å²) in [5.74, 6) is 0. The van der Waals surface area contributed by atoms with E-state index in [4.69, 9.17) is 4.42 Å². The number of hydrogen-bond acceptors (Lipinski definition) is 3. The third-order valence-corrected chi connectivity index (χ3v) is 5.92. The number of para-hydroxylation sites is 1. The van der Waals surface area contributed by atoms with E-state index in [0.717, 1.165) is 29.2 Å². The molecule has 0 unspecified atom stereocenters. The van der Waals surface area contributed by atoms with E-state index in [2.05, 4.69) is 11.9 Å². The van der Waals surface area contributed by atoms with E-state index in [1.807, 2.05) is 41.1 Å². The molecule has 0 amide bonds. The molecule has 2 fully saturated rings. The normalized spacial score (nSPS) is 28.0. The molecule has 1 aromatic carbocycles. The van der Waals surface area contributed by atoms with Gasteiger partial charge in [-0.1, -0.05) is 18.2 Å². The van der Waals surface area contributed by atoms with Gasteiger partial charge in [-0.2, -0.15) is 0 Å². The summed E-state index contributed by atoms with van der Waals surface area (Å²) in [6, 6.07) is 11.3. The van der Waals surface area contributed by atoms with Crippen molar-refractivity contribution in [3.05, 3.63) is 46.9 Å². The maximum absolute atomic E-state index is 13.1. The van der Waals surface area contributed by atoms with Crippen molar-refractivity contribution in [2.75, 3.05) is 7.05 Å². The Kier molecular flexibility index (Phi) is 2.74. The third kappa shape index (κ3) is 1.84. The minimum atomic E-state index is 0.0985. The van der Waals surface area contributed by atoms with E-state index in [-0.39, 0.29) is 5.56 Å². The zero-order valence-corrected chi connectivity index (χ0v) is 13.2. The molecule has 2 saturated heterocycles. The van der Waals surface area contributed by atoms with Crippen LogP contribution in [0.1, 0.15) is 31.7 Å². The molecule has 2 aliphatic heterocycles. The molecule has 0 N–H and O–H groups in total. The van der Waals surface area contributed by atoms with Crippen LogP contribution < -0.4 is 5.56 Å². The fraction of sp³-hybridized carbons (Fsp3) is 0.421. The van der Waals surface area contributed by atoms with Crippen LogP contribution in [0.2, 0.25) is 0 Å². The number of pyridine rings is 1. The highest BCUT2D eigenvalue weighted by Crippen LogP contribution is 2.39. The Labute approximate surface area is 134 Å².